The van der Waals surface area contributed by atoms with Crippen LogP contribution in [0.1, 0.15) is 12.0 Å². The fourth-order valence-electron chi connectivity index (χ4n) is 2.58. The summed E-state index contributed by atoms with van der Waals surface area (Å²) in [6, 6.07) is 14.0. The molecule has 7 nitrogen and oxygen atoms in total. The number of aromatic hydroxyl groups is 1. The van der Waals surface area contributed by atoms with Gasteiger partial charge in [0.1, 0.15) is 5.75 Å². The minimum Gasteiger partial charge on any atom is -0.507 e. The van der Waals surface area contributed by atoms with Crippen LogP contribution in [0.4, 0.5) is 5.95 Å². The SMILES string of the molecule is COCCCn1c(N/N=C/c2ccccc2O)nc2ccccc2c1=O. The van der Waals surface area contributed by atoms with Gasteiger partial charge in [-0.15, -0.1) is 0 Å². The van der Waals surface area contributed by atoms with E-state index in [1.165, 1.54) is 6.21 Å². The van der Waals surface area contributed by atoms with Crippen molar-refractivity contribution in [3.05, 3.63) is 64.4 Å². The number of hydrogen-bond acceptors (Lipinski definition) is 6. The van der Waals surface area contributed by atoms with Crippen molar-refractivity contribution >= 4 is 23.1 Å². The predicted molar refractivity (Wildman–Crippen MR) is 102 cm³/mol. The molecule has 0 amide bonds. The minimum absolute atomic E-state index is 0.127. The molecule has 2 aromatic carbocycles. The normalized spacial score (nSPS) is 11.3. The highest BCUT2D eigenvalue weighted by atomic mass is 16.5. The van der Waals surface area contributed by atoms with Crippen LogP contribution in [-0.4, -0.2) is 34.6 Å². The summed E-state index contributed by atoms with van der Waals surface area (Å²) < 4.78 is 6.61. The molecule has 0 fully saturated rings. The number of hydrazone groups is 1. The number of aromatic nitrogens is 2. The molecule has 0 saturated carbocycles. The summed E-state index contributed by atoms with van der Waals surface area (Å²) in [5.74, 6) is 0.471. The van der Waals surface area contributed by atoms with Gasteiger partial charge in [-0.05, 0) is 30.7 Å². The molecule has 0 bridgehead atoms. The second-order valence-electron chi connectivity index (χ2n) is 5.68. The van der Waals surface area contributed by atoms with Crippen LogP contribution in [-0.2, 0) is 11.3 Å². The van der Waals surface area contributed by atoms with Crippen LogP contribution in [0.2, 0.25) is 0 Å². The summed E-state index contributed by atoms with van der Waals surface area (Å²) in [4.78, 5) is 17.3. The van der Waals surface area contributed by atoms with Gasteiger partial charge in [0.25, 0.3) is 5.56 Å². The number of nitrogens with zero attached hydrogens (tertiary/aromatic N) is 3. The van der Waals surface area contributed by atoms with Gasteiger partial charge >= 0.3 is 0 Å². The maximum absolute atomic E-state index is 12.8. The van der Waals surface area contributed by atoms with Crippen LogP contribution in [0.5, 0.6) is 5.75 Å². The zero-order chi connectivity index (χ0) is 18.4. The number of fused-ring (bicyclic) bond motifs is 1. The standard InChI is InChI=1S/C19H20N4O3/c1-26-12-6-11-23-18(25)15-8-3-4-9-16(15)21-19(23)22-20-13-14-7-2-5-10-17(14)24/h2-5,7-10,13,24H,6,11-12H2,1H3,(H,21,22)/b20-13+. The van der Waals surface area contributed by atoms with E-state index in [4.69, 9.17) is 4.74 Å². The lowest BCUT2D eigenvalue weighted by Gasteiger charge is -2.12. The molecule has 2 N–H and O–H groups in total. The number of anilines is 1. The third-order valence-corrected chi connectivity index (χ3v) is 3.90. The number of ether oxygens (including phenoxy) is 1. The highest BCUT2D eigenvalue weighted by Gasteiger charge is 2.10. The minimum atomic E-state index is -0.132. The molecule has 1 aromatic heterocycles. The monoisotopic (exact) mass is 352 g/mol. The smallest absolute Gasteiger partial charge is 0.262 e. The molecule has 0 aliphatic heterocycles. The lowest BCUT2D eigenvalue weighted by atomic mass is 10.2. The van der Waals surface area contributed by atoms with Gasteiger partial charge in [-0.2, -0.15) is 5.10 Å². The van der Waals surface area contributed by atoms with Gasteiger partial charge in [0, 0.05) is 25.8 Å². The zero-order valence-corrected chi connectivity index (χ0v) is 14.4. The van der Waals surface area contributed by atoms with Crippen LogP contribution < -0.4 is 11.0 Å². The first-order chi connectivity index (χ1) is 12.7. The van der Waals surface area contributed by atoms with Gasteiger partial charge in [-0.1, -0.05) is 24.3 Å². The number of phenols is 1. The third-order valence-electron chi connectivity index (χ3n) is 3.90. The highest BCUT2D eigenvalue weighted by molar-refractivity contribution is 5.84. The Morgan fingerprint density at radius 1 is 1.23 bits per heavy atom. The molecule has 134 valence electrons. The van der Waals surface area contributed by atoms with Crippen molar-refractivity contribution in [3.8, 4) is 5.75 Å². The zero-order valence-electron chi connectivity index (χ0n) is 14.4. The summed E-state index contributed by atoms with van der Waals surface area (Å²) in [6.45, 7) is 0.999. The van der Waals surface area contributed by atoms with E-state index in [2.05, 4.69) is 15.5 Å². The number of benzene rings is 2. The summed E-state index contributed by atoms with van der Waals surface area (Å²) in [7, 11) is 1.62. The largest absolute Gasteiger partial charge is 0.507 e. The highest BCUT2D eigenvalue weighted by Crippen LogP contribution is 2.14. The molecule has 0 unspecified atom stereocenters. The fraction of sp³-hybridized carbons (Fsp3) is 0.211. The molecule has 1 heterocycles. The van der Waals surface area contributed by atoms with Crippen LogP contribution in [0.15, 0.2) is 58.4 Å². The number of phenolic OH excluding ortho intramolecular Hbond substituents is 1. The first-order valence-electron chi connectivity index (χ1n) is 8.26. The van der Waals surface area contributed by atoms with Crippen LogP contribution >= 0.6 is 0 Å². The number of rotatable bonds is 7. The molecule has 0 saturated heterocycles. The third kappa shape index (κ3) is 3.89. The Morgan fingerprint density at radius 2 is 2.00 bits per heavy atom. The van der Waals surface area contributed by atoms with Crippen molar-refractivity contribution in [1.29, 1.82) is 0 Å². The van der Waals surface area contributed by atoms with Crippen molar-refractivity contribution in [2.45, 2.75) is 13.0 Å². The van der Waals surface area contributed by atoms with Crippen molar-refractivity contribution < 1.29 is 9.84 Å². The molecule has 0 atom stereocenters. The summed E-state index contributed by atoms with van der Waals surface area (Å²) in [6.07, 6.45) is 2.16. The molecule has 0 radical (unpaired) electrons. The number of para-hydroxylation sites is 2. The average Bonchev–Trinajstić information content (AvgIpc) is 2.66. The van der Waals surface area contributed by atoms with E-state index in [1.807, 2.05) is 12.1 Å². The molecule has 7 heteroatoms. The summed E-state index contributed by atoms with van der Waals surface area (Å²) >= 11 is 0. The summed E-state index contributed by atoms with van der Waals surface area (Å²) in [5.41, 5.74) is 3.85. The van der Waals surface area contributed by atoms with Crippen LogP contribution in [0, 0.1) is 0 Å². The van der Waals surface area contributed by atoms with E-state index in [-0.39, 0.29) is 11.3 Å². The molecular weight excluding hydrogens is 332 g/mol. The quantitative estimate of drug-likeness (QED) is 0.388. The first kappa shape index (κ1) is 17.6. The maximum atomic E-state index is 12.8. The Bertz CT molecular complexity index is 982. The van der Waals surface area contributed by atoms with Gasteiger partial charge in [0.05, 0.1) is 17.1 Å². The molecule has 3 rings (SSSR count). The first-order valence-corrected chi connectivity index (χ1v) is 8.26. The Balaban J connectivity index is 1.93. The second kappa shape index (κ2) is 8.26. The Kier molecular flexibility index (Phi) is 5.60. The van der Waals surface area contributed by atoms with E-state index >= 15 is 0 Å². The van der Waals surface area contributed by atoms with Gasteiger partial charge in [0.2, 0.25) is 5.95 Å². The lowest BCUT2D eigenvalue weighted by Crippen LogP contribution is -2.24. The topological polar surface area (TPSA) is 88.7 Å². The molecule has 0 spiro atoms. The van der Waals surface area contributed by atoms with Crippen molar-refractivity contribution in [3.63, 3.8) is 0 Å². The lowest BCUT2D eigenvalue weighted by molar-refractivity contribution is 0.190. The van der Waals surface area contributed by atoms with Gasteiger partial charge < -0.3 is 9.84 Å². The van der Waals surface area contributed by atoms with E-state index in [0.29, 0.717) is 42.0 Å². The van der Waals surface area contributed by atoms with Gasteiger partial charge in [0.15, 0.2) is 0 Å². The van der Waals surface area contributed by atoms with Crippen molar-refractivity contribution in [2.75, 3.05) is 19.1 Å². The number of nitrogens with one attached hydrogen (secondary N) is 1. The Morgan fingerprint density at radius 3 is 2.81 bits per heavy atom. The van der Waals surface area contributed by atoms with Gasteiger partial charge in [-0.3, -0.25) is 9.36 Å². The average molecular weight is 352 g/mol. The van der Waals surface area contributed by atoms with Crippen LogP contribution in [0.3, 0.4) is 0 Å². The predicted octanol–water partition coefficient (Wildman–Crippen LogP) is 2.58. The molecule has 0 aliphatic rings. The number of hydrogen-bond donors (Lipinski definition) is 2. The molecule has 0 aliphatic carbocycles. The second-order valence-corrected chi connectivity index (χ2v) is 5.68. The summed E-state index contributed by atoms with van der Waals surface area (Å²) in [5, 5.41) is 14.5. The molecule has 3 aromatic rings. The van der Waals surface area contributed by atoms with E-state index < -0.39 is 0 Å². The van der Waals surface area contributed by atoms with Gasteiger partial charge in [-0.25, -0.2) is 10.4 Å². The fourth-order valence-corrected chi connectivity index (χ4v) is 2.58. The van der Waals surface area contributed by atoms with E-state index in [0.717, 1.165) is 0 Å². The van der Waals surface area contributed by atoms with Crippen molar-refractivity contribution in [1.82, 2.24) is 9.55 Å². The molecular formula is C19H20N4O3. The molecule has 26 heavy (non-hydrogen) atoms. The van der Waals surface area contributed by atoms with Crippen molar-refractivity contribution in [2.24, 2.45) is 5.10 Å². The van der Waals surface area contributed by atoms with Crippen LogP contribution in [0.25, 0.3) is 10.9 Å². The Hall–Kier alpha value is -3.19. The Labute approximate surface area is 150 Å². The van der Waals surface area contributed by atoms with E-state index in [9.17, 15) is 9.90 Å². The van der Waals surface area contributed by atoms with E-state index in [1.54, 1.807) is 48.1 Å². The maximum Gasteiger partial charge on any atom is 0.262 e. The number of methoxy groups -OCH3 is 1.